The molecule has 0 amide bonds. The van der Waals surface area contributed by atoms with Gasteiger partial charge in [-0.15, -0.1) is 0 Å². The highest BCUT2D eigenvalue weighted by atomic mass is 16.5. The molecule has 0 spiro atoms. The van der Waals surface area contributed by atoms with Crippen molar-refractivity contribution >= 4 is 23.1 Å². The number of nitrogens with one attached hydrogen (secondary N) is 2. The Balaban J connectivity index is 1.80. The van der Waals surface area contributed by atoms with Gasteiger partial charge in [-0.2, -0.15) is 4.98 Å². The highest BCUT2D eigenvalue weighted by molar-refractivity contribution is 5.65. The first-order chi connectivity index (χ1) is 12.1. The van der Waals surface area contributed by atoms with Gasteiger partial charge in [-0.25, -0.2) is 4.98 Å². The molecular weight excluding hydrogens is 312 g/mol. The molecule has 0 aliphatic carbocycles. The smallest absolute Gasteiger partial charge is 0.229 e. The molecule has 5 nitrogen and oxygen atoms in total. The lowest BCUT2D eigenvalue weighted by atomic mass is 10.1. The van der Waals surface area contributed by atoms with Gasteiger partial charge in [-0.3, -0.25) is 0 Å². The van der Waals surface area contributed by atoms with Crippen molar-refractivity contribution in [2.75, 3.05) is 17.2 Å². The molecular formula is C20H22N4O. The molecule has 0 unspecified atom stereocenters. The van der Waals surface area contributed by atoms with Crippen LogP contribution in [0.2, 0.25) is 0 Å². The molecule has 5 heteroatoms. The van der Waals surface area contributed by atoms with Gasteiger partial charge in [-0.1, -0.05) is 18.2 Å². The zero-order valence-electron chi connectivity index (χ0n) is 14.7. The van der Waals surface area contributed by atoms with Crippen LogP contribution in [0.1, 0.15) is 18.1 Å². The normalized spacial score (nSPS) is 10.4. The van der Waals surface area contributed by atoms with E-state index in [1.807, 2.05) is 37.3 Å². The molecule has 25 heavy (non-hydrogen) atoms. The van der Waals surface area contributed by atoms with Crippen LogP contribution in [0.4, 0.5) is 23.1 Å². The Kier molecular flexibility index (Phi) is 5.14. The molecule has 0 aliphatic heterocycles. The van der Waals surface area contributed by atoms with Crippen molar-refractivity contribution in [3.63, 3.8) is 0 Å². The van der Waals surface area contributed by atoms with Gasteiger partial charge < -0.3 is 15.4 Å². The minimum atomic E-state index is 0.545. The summed E-state index contributed by atoms with van der Waals surface area (Å²) < 4.78 is 5.64. The quantitative estimate of drug-likeness (QED) is 0.666. The Morgan fingerprint density at radius 2 is 1.72 bits per heavy atom. The molecule has 0 aliphatic rings. The van der Waals surface area contributed by atoms with Crippen molar-refractivity contribution in [3.8, 4) is 5.75 Å². The first-order valence-electron chi connectivity index (χ1n) is 8.31. The molecule has 0 saturated heterocycles. The van der Waals surface area contributed by atoms with Crippen molar-refractivity contribution in [2.45, 2.75) is 20.8 Å². The number of hydrogen-bond acceptors (Lipinski definition) is 5. The average Bonchev–Trinajstić information content (AvgIpc) is 2.56. The highest BCUT2D eigenvalue weighted by Gasteiger charge is 2.05. The summed E-state index contributed by atoms with van der Waals surface area (Å²) in [7, 11) is 0. The zero-order chi connectivity index (χ0) is 17.6. The van der Waals surface area contributed by atoms with Crippen LogP contribution in [0.5, 0.6) is 5.75 Å². The Morgan fingerprint density at radius 3 is 2.48 bits per heavy atom. The molecule has 1 heterocycles. The standard InChI is InChI=1S/C20H22N4O/c1-4-25-18-8-6-5-7-17(18)23-19-9-10-21-20(24-19)22-16-12-14(2)11-15(3)13-16/h5-13H,4H2,1-3H3,(H2,21,22,23,24). The van der Waals surface area contributed by atoms with E-state index in [1.54, 1.807) is 6.20 Å². The molecule has 0 atom stereocenters. The van der Waals surface area contributed by atoms with Crippen LogP contribution in [0.25, 0.3) is 0 Å². The molecule has 128 valence electrons. The maximum absolute atomic E-state index is 5.64. The molecule has 1 aromatic heterocycles. The number of benzene rings is 2. The van der Waals surface area contributed by atoms with Crippen LogP contribution in [0.15, 0.2) is 54.7 Å². The Labute approximate surface area is 148 Å². The third-order valence-electron chi connectivity index (χ3n) is 3.58. The van der Waals surface area contributed by atoms with E-state index in [-0.39, 0.29) is 0 Å². The predicted octanol–water partition coefficient (Wildman–Crippen LogP) is 4.98. The summed E-state index contributed by atoms with van der Waals surface area (Å²) in [5.74, 6) is 2.05. The number of para-hydroxylation sites is 2. The van der Waals surface area contributed by atoms with Crippen molar-refractivity contribution in [1.29, 1.82) is 0 Å². The van der Waals surface area contributed by atoms with Crippen LogP contribution in [-0.4, -0.2) is 16.6 Å². The van der Waals surface area contributed by atoms with Gasteiger partial charge in [-0.05, 0) is 62.2 Å². The van der Waals surface area contributed by atoms with Crippen molar-refractivity contribution < 1.29 is 4.74 Å². The van der Waals surface area contributed by atoms with Gasteiger partial charge in [0, 0.05) is 11.9 Å². The summed E-state index contributed by atoms with van der Waals surface area (Å²) in [6, 6.07) is 15.9. The second-order valence-corrected chi connectivity index (χ2v) is 5.82. The lowest BCUT2D eigenvalue weighted by Gasteiger charge is -2.12. The number of hydrogen-bond donors (Lipinski definition) is 2. The van der Waals surface area contributed by atoms with Crippen molar-refractivity contribution in [3.05, 3.63) is 65.9 Å². The number of aryl methyl sites for hydroxylation is 2. The van der Waals surface area contributed by atoms with E-state index in [4.69, 9.17) is 4.74 Å². The van der Waals surface area contributed by atoms with Crippen LogP contribution >= 0.6 is 0 Å². The molecule has 0 saturated carbocycles. The zero-order valence-corrected chi connectivity index (χ0v) is 14.7. The average molecular weight is 334 g/mol. The fourth-order valence-electron chi connectivity index (χ4n) is 2.65. The highest BCUT2D eigenvalue weighted by Crippen LogP contribution is 2.27. The van der Waals surface area contributed by atoms with E-state index in [0.29, 0.717) is 18.4 Å². The van der Waals surface area contributed by atoms with Gasteiger partial charge in [0.1, 0.15) is 11.6 Å². The largest absolute Gasteiger partial charge is 0.492 e. The van der Waals surface area contributed by atoms with E-state index in [1.165, 1.54) is 11.1 Å². The van der Waals surface area contributed by atoms with Crippen LogP contribution in [0.3, 0.4) is 0 Å². The summed E-state index contributed by atoms with van der Waals surface area (Å²) in [5, 5.41) is 6.55. The van der Waals surface area contributed by atoms with E-state index in [9.17, 15) is 0 Å². The van der Waals surface area contributed by atoms with Crippen molar-refractivity contribution in [2.24, 2.45) is 0 Å². The van der Waals surface area contributed by atoms with Gasteiger partial charge in [0.2, 0.25) is 5.95 Å². The number of anilines is 4. The molecule has 3 rings (SSSR count). The minimum absolute atomic E-state index is 0.545. The third-order valence-corrected chi connectivity index (χ3v) is 3.58. The SMILES string of the molecule is CCOc1ccccc1Nc1ccnc(Nc2cc(C)cc(C)c2)n1. The molecule has 3 aromatic rings. The number of nitrogens with zero attached hydrogens (tertiary/aromatic N) is 2. The topological polar surface area (TPSA) is 59.1 Å². The van der Waals surface area contributed by atoms with E-state index < -0.39 is 0 Å². The van der Waals surface area contributed by atoms with Gasteiger partial charge in [0.15, 0.2) is 0 Å². The maximum atomic E-state index is 5.64. The van der Waals surface area contributed by atoms with Gasteiger partial charge in [0.05, 0.1) is 12.3 Å². The third kappa shape index (κ3) is 4.47. The lowest BCUT2D eigenvalue weighted by Crippen LogP contribution is -2.02. The summed E-state index contributed by atoms with van der Waals surface area (Å²) in [5.41, 5.74) is 4.25. The first-order valence-corrected chi connectivity index (χ1v) is 8.31. The van der Waals surface area contributed by atoms with E-state index >= 15 is 0 Å². The Hall–Kier alpha value is -3.08. The van der Waals surface area contributed by atoms with Crippen LogP contribution in [0, 0.1) is 13.8 Å². The molecule has 0 bridgehead atoms. The van der Waals surface area contributed by atoms with Crippen LogP contribution in [-0.2, 0) is 0 Å². The lowest BCUT2D eigenvalue weighted by molar-refractivity contribution is 0.342. The van der Waals surface area contributed by atoms with Gasteiger partial charge >= 0.3 is 0 Å². The number of ether oxygens (including phenoxy) is 1. The summed E-state index contributed by atoms with van der Waals surface area (Å²) in [6.07, 6.45) is 1.73. The summed E-state index contributed by atoms with van der Waals surface area (Å²) >= 11 is 0. The fourth-order valence-corrected chi connectivity index (χ4v) is 2.65. The van der Waals surface area contributed by atoms with Crippen molar-refractivity contribution in [1.82, 2.24) is 9.97 Å². The molecule has 2 aromatic carbocycles. The Bertz CT molecular complexity index is 844. The van der Waals surface area contributed by atoms with E-state index in [0.717, 1.165) is 17.1 Å². The second kappa shape index (κ2) is 7.66. The van der Waals surface area contributed by atoms with E-state index in [2.05, 4.69) is 52.6 Å². The van der Waals surface area contributed by atoms with Crippen LogP contribution < -0.4 is 15.4 Å². The molecule has 2 N–H and O–H groups in total. The molecule has 0 radical (unpaired) electrons. The van der Waals surface area contributed by atoms with Gasteiger partial charge in [0.25, 0.3) is 0 Å². The second-order valence-electron chi connectivity index (χ2n) is 5.82. The predicted molar refractivity (Wildman–Crippen MR) is 102 cm³/mol. The number of rotatable bonds is 6. The minimum Gasteiger partial charge on any atom is -0.492 e. The maximum Gasteiger partial charge on any atom is 0.229 e. The summed E-state index contributed by atoms with van der Waals surface area (Å²) in [4.78, 5) is 8.84. The Morgan fingerprint density at radius 1 is 0.960 bits per heavy atom. The summed E-state index contributed by atoms with van der Waals surface area (Å²) in [6.45, 7) is 6.72. The fraction of sp³-hybridized carbons (Fsp3) is 0.200. The molecule has 0 fully saturated rings. The first kappa shape index (κ1) is 16.8. The number of aromatic nitrogens is 2. The monoisotopic (exact) mass is 334 g/mol.